The van der Waals surface area contributed by atoms with Crippen LogP contribution < -0.4 is 9.47 Å². The average Bonchev–Trinajstić information content (AvgIpc) is 3.51. The zero-order valence-corrected chi connectivity index (χ0v) is 16.2. The van der Waals surface area contributed by atoms with Gasteiger partial charge >= 0.3 is 0 Å². The summed E-state index contributed by atoms with van der Waals surface area (Å²) in [5.41, 5.74) is 1.64. The summed E-state index contributed by atoms with van der Waals surface area (Å²) < 4.78 is 11.6. The van der Waals surface area contributed by atoms with Crippen molar-refractivity contribution in [2.75, 3.05) is 19.7 Å². The van der Waals surface area contributed by atoms with E-state index < -0.39 is 0 Å². The lowest BCUT2D eigenvalue weighted by molar-refractivity contribution is 0.0747. The molecule has 0 aliphatic heterocycles. The molecule has 2 aromatic rings. The van der Waals surface area contributed by atoms with Gasteiger partial charge in [0, 0.05) is 36.6 Å². The highest BCUT2D eigenvalue weighted by molar-refractivity contribution is 5.95. The van der Waals surface area contributed by atoms with Crippen molar-refractivity contribution < 1.29 is 14.3 Å². The molecule has 5 heteroatoms. The lowest BCUT2D eigenvalue weighted by Crippen LogP contribution is -2.33. The largest absolute Gasteiger partial charge is 0.490 e. The van der Waals surface area contributed by atoms with Crippen LogP contribution >= 0.6 is 0 Å². The third kappa shape index (κ3) is 5.46. The minimum absolute atomic E-state index is 0.0727. The Balaban J connectivity index is 1.74. The number of amides is 1. The molecule has 1 aliphatic carbocycles. The van der Waals surface area contributed by atoms with Gasteiger partial charge in [-0.15, -0.1) is 0 Å². The van der Waals surface area contributed by atoms with E-state index in [0.29, 0.717) is 36.2 Å². The molecule has 1 amide bonds. The number of hydrogen-bond donors (Lipinski definition) is 0. The Morgan fingerprint density at radius 2 is 2.04 bits per heavy atom. The Kier molecular flexibility index (Phi) is 6.69. The molecule has 27 heavy (non-hydrogen) atoms. The number of pyridine rings is 1. The molecule has 144 valence electrons. The van der Waals surface area contributed by atoms with Gasteiger partial charge in [-0.05, 0) is 56.4 Å². The fourth-order valence-electron chi connectivity index (χ4n) is 3.01. The molecule has 0 atom stereocenters. The van der Waals surface area contributed by atoms with Crippen LogP contribution in [0.4, 0.5) is 0 Å². The normalized spacial score (nSPS) is 13.3. The molecule has 0 radical (unpaired) electrons. The molecule has 0 bridgehead atoms. The molecule has 1 fully saturated rings. The lowest BCUT2D eigenvalue weighted by Gasteiger charge is -2.22. The number of aromatic nitrogens is 1. The van der Waals surface area contributed by atoms with Crippen molar-refractivity contribution in [1.82, 2.24) is 9.88 Å². The molecular weight excluding hydrogens is 340 g/mol. The second kappa shape index (κ2) is 9.40. The second-order valence-corrected chi connectivity index (χ2v) is 6.94. The van der Waals surface area contributed by atoms with E-state index in [4.69, 9.17) is 9.47 Å². The molecule has 0 saturated heterocycles. The first kappa shape index (κ1) is 19.2. The van der Waals surface area contributed by atoms with Crippen LogP contribution in [0.2, 0.25) is 0 Å². The van der Waals surface area contributed by atoms with Crippen LogP contribution in [0.15, 0.2) is 42.7 Å². The van der Waals surface area contributed by atoms with Gasteiger partial charge in [-0.25, -0.2) is 0 Å². The topological polar surface area (TPSA) is 51.7 Å². The van der Waals surface area contributed by atoms with Crippen molar-refractivity contribution in [3.05, 3.63) is 53.9 Å². The van der Waals surface area contributed by atoms with E-state index in [0.717, 1.165) is 25.1 Å². The molecule has 0 N–H and O–H groups in total. The van der Waals surface area contributed by atoms with Crippen molar-refractivity contribution >= 4 is 5.91 Å². The number of ether oxygens (including phenoxy) is 2. The molecule has 3 rings (SSSR count). The third-order valence-electron chi connectivity index (χ3n) is 4.56. The maximum Gasteiger partial charge on any atom is 0.254 e. The zero-order valence-electron chi connectivity index (χ0n) is 16.2. The van der Waals surface area contributed by atoms with Crippen LogP contribution in [0, 0.1) is 5.92 Å². The highest BCUT2D eigenvalue weighted by Crippen LogP contribution is 2.32. The Morgan fingerprint density at radius 3 is 2.70 bits per heavy atom. The predicted molar refractivity (Wildman–Crippen MR) is 105 cm³/mol. The first-order valence-corrected chi connectivity index (χ1v) is 9.79. The smallest absolute Gasteiger partial charge is 0.254 e. The minimum Gasteiger partial charge on any atom is -0.490 e. The van der Waals surface area contributed by atoms with Gasteiger partial charge in [-0.2, -0.15) is 0 Å². The van der Waals surface area contributed by atoms with Crippen molar-refractivity contribution in [3.63, 3.8) is 0 Å². The standard InChI is InChI=1S/C22H28N2O3/c1-3-12-24(15-17-7-8-17)22(25)19-9-10-20(21(13-19)26-4-2)27-16-18-6-5-11-23-14-18/h5-6,9-11,13-14,17H,3-4,7-8,12,15-16H2,1-2H3. The summed E-state index contributed by atoms with van der Waals surface area (Å²) in [6.07, 6.45) is 6.94. The molecule has 1 heterocycles. The van der Waals surface area contributed by atoms with Crippen LogP contribution in [0.3, 0.4) is 0 Å². The highest BCUT2D eigenvalue weighted by atomic mass is 16.5. The Bertz CT molecular complexity index is 744. The van der Waals surface area contributed by atoms with Crippen molar-refractivity contribution in [2.24, 2.45) is 5.92 Å². The van der Waals surface area contributed by atoms with Gasteiger partial charge < -0.3 is 14.4 Å². The van der Waals surface area contributed by atoms with Gasteiger partial charge in [0.05, 0.1) is 6.61 Å². The molecule has 0 spiro atoms. The summed E-state index contributed by atoms with van der Waals surface area (Å²) in [7, 11) is 0. The molecule has 1 aromatic carbocycles. The van der Waals surface area contributed by atoms with Gasteiger partial charge in [-0.3, -0.25) is 9.78 Å². The highest BCUT2D eigenvalue weighted by Gasteiger charge is 2.27. The fraction of sp³-hybridized carbons (Fsp3) is 0.455. The van der Waals surface area contributed by atoms with Crippen LogP contribution in [0.1, 0.15) is 49.0 Å². The van der Waals surface area contributed by atoms with Crippen LogP contribution in [-0.2, 0) is 6.61 Å². The average molecular weight is 368 g/mol. The molecular formula is C22H28N2O3. The minimum atomic E-state index is 0.0727. The summed E-state index contributed by atoms with van der Waals surface area (Å²) >= 11 is 0. The summed E-state index contributed by atoms with van der Waals surface area (Å²) in [6.45, 7) is 6.60. The van der Waals surface area contributed by atoms with Crippen molar-refractivity contribution in [3.8, 4) is 11.5 Å². The van der Waals surface area contributed by atoms with E-state index in [1.54, 1.807) is 18.5 Å². The number of carbonyl (C=O) groups excluding carboxylic acids is 1. The van der Waals surface area contributed by atoms with E-state index in [2.05, 4.69) is 11.9 Å². The first-order chi connectivity index (χ1) is 13.2. The van der Waals surface area contributed by atoms with E-state index in [1.165, 1.54) is 12.8 Å². The van der Waals surface area contributed by atoms with Crippen molar-refractivity contribution in [2.45, 2.75) is 39.7 Å². The molecule has 1 saturated carbocycles. The van der Waals surface area contributed by atoms with Crippen LogP contribution in [0.25, 0.3) is 0 Å². The Morgan fingerprint density at radius 1 is 1.19 bits per heavy atom. The van der Waals surface area contributed by atoms with Gasteiger partial charge in [-0.1, -0.05) is 13.0 Å². The maximum atomic E-state index is 13.0. The van der Waals surface area contributed by atoms with Crippen LogP contribution in [-0.4, -0.2) is 35.5 Å². The summed E-state index contributed by atoms with van der Waals surface area (Å²) in [4.78, 5) is 19.0. The summed E-state index contributed by atoms with van der Waals surface area (Å²) in [5, 5.41) is 0. The zero-order chi connectivity index (χ0) is 19.1. The number of nitrogens with zero attached hydrogens (tertiary/aromatic N) is 2. The van der Waals surface area contributed by atoms with E-state index >= 15 is 0 Å². The summed E-state index contributed by atoms with van der Waals surface area (Å²) in [5.74, 6) is 1.99. The first-order valence-electron chi connectivity index (χ1n) is 9.79. The SMILES string of the molecule is CCCN(CC1CC1)C(=O)c1ccc(OCc2cccnc2)c(OCC)c1. The van der Waals surface area contributed by atoms with Crippen LogP contribution in [0.5, 0.6) is 11.5 Å². The molecule has 1 aliphatic rings. The predicted octanol–water partition coefficient (Wildman–Crippen LogP) is 4.32. The van der Waals surface area contributed by atoms with Gasteiger partial charge in [0.2, 0.25) is 0 Å². The van der Waals surface area contributed by atoms with Gasteiger partial charge in [0.1, 0.15) is 6.61 Å². The van der Waals surface area contributed by atoms with E-state index in [-0.39, 0.29) is 5.91 Å². The number of rotatable bonds is 10. The summed E-state index contributed by atoms with van der Waals surface area (Å²) in [6, 6.07) is 9.31. The van der Waals surface area contributed by atoms with Gasteiger partial charge in [0.15, 0.2) is 11.5 Å². The monoisotopic (exact) mass is 368 g/mol. The number of hydrogen-bond acceptors (Lipinski definition) is 4. The van der Waals surface area contributed by atoms with E-state index in [9.17, 15) is 4.79 Å². The Hall–Kier alpha value is -2.56. The Labute approximate surface area is 161 Å². The second-order valence-electron chi connectivity index (χ2n) is 6.94. The van der Waals surface area contributed by atoms with Gasteiger partial charge in [0.25, 0.3) is 5.91 Å². The molecule has 0 unspecified atom stereocenters. The molecule has 1 aromatic heterocycles. The third-order valence-corrected chi connectivity index (χ3v) is 4.56. The fourth-order valence-corrected chi connectivity index (χ4v) is 3.01. The number of carbonyl (C=O) groups is 1. The number of benzene rings is 1. The lowest BCUT2D eigenvalue weighted by atomic mass is 10.1. The maximum absolute atomic E-state index is 13.0. The van der Waals surface area contributed by atoms with E-state index in [1.807, 2.05) is 36.1 Å². The van der Waals surface area contributed by atoms with Crippen molar-refractivity contribution in [1.29, 1.82) is 0 Å². The molecule has 5 nitrogen and oxygen atoms in total. The quantitative estimate of drug-likeness (QED) is 0.627.